The SMILES string of the molecule is Cc1nn(COCCS(C)(C)C)c(C)c1-c1ccc(NC(=O)[C@@H](NC(=O)c2ccnn2C)[C@@H]2CCc3ccccc32)cc1. The van der Waals surface area contributed by atoms with Gasteiger partial charge in [0.25, 0.3) is 5.91 Å². The Hall–Kier alpha value is -3.89. The summed E-state index contributed by atoms with van der Waals surface area (Å²) in [5.41, 5.74) is 7.44. The predicted octanol–water partition coefficient (Wildman–Crippen LogP) is 5.04. The summed E-state index contributed by atoms with van der Waals surface area (Å²) in [5, 5.41) is 14.9. The van der Waals surface area contributed by atoms with Crippen molar-refractivity contribution in [1.82, 2.24) is 24.9 Å². The van der Waals surface area contributed by atoms with Gasteiger partial charge in [0, 0.05) is 41.9 Å². The monoisotopic (exact) mass is 602 g/mol. The molecule has 2 amide bonds. The molecule has 0 radical (unpaired) electrons. The molecular weight excluding hydrogens is 560 g/mol. The molecule has 2 heterocycles. The number of aromatic nitrogens is 4. The first-order chi connectivity index (χ1) is 20.5. The lowest BCUT2D eigenvalue weighted by atomic mass is 9.92. The van der Waals surface area contributed by atoms with Crippen LogP contribution in [0.4, 0.5) is 5.69 Å². The molecule has 2 aromatic heterocycles. The lowest BCUT2D eigenvalue weighted by molar-refractivity contribution is -0.118. The van der Waals surface area contributed by atoms with Gasteiger partial charge in [-0.3, -0.25) is 14.3 Å². The number of ether oxygens (including phenoxy) is 1. The van der Waals surface area contributed by atoms with E-state index in [0.717, 1.165) is 53.3 Å². The molecule has 0 bridgehead atoms. The zero-order valence-electron chi connectivity index (χ0n) is 25.9. The van der Waals surface area contributed by atoms with Crippen LogP contribution in [0.15, 0.2) is 60.8 Å². The first-order valence-corrected chi connectivity index (χ1v) is 17.6. The fourth-order valence-corrected chi connectivity index (χ4v) is 6.36. The molecular formula is C33H42N6O3S. The van der Waals surface area contributed by atoms with E-state index >= 15 is 0 Å². The predicted molar refractivity (Wildman–Crippen MR) is 174 cm³/mol. The van der Waals surface area contributed by atoms with Gasteiger partial charge in [-0.25, -0.2) is 14.7 Å². The molecule has 2 aromatic carbocycles. The van der Waals surface area contributed by atoms with Crippen LogP contribution in [0.25, 0.3) is 11.1 Å². The second kappa shape index (κ2) is 12.8. The van der Waals surface area contributed by atoms with Gasteiger partial charge >= 0.3 is 0 Å². The topological polar surface area (TPSA) is 103 Å². The molecule has 5 rings (SSSR count). The van der Waals surface area contributed by atoms with E-state index in [1.165, 1.54) is 10.2 Å². The molecule has 228 valence electrons. The maximum atomic E-state index is 13.8. The highest BCUT2D eigenvalue weighted by Crippen LogP contribution is 2.36. The summed E-state index contributed by atoms with van der Waals surface area (Å²) in [4.78, 5) is 27.0. The largest absolute Gasteiger partial charge is 0.358 e. The molecule has 0 spiro atoms. The number of hydrogen-bond acceptors (Lipinski definition) is 5. The van der Waals surface area contributed by atoms with Crippen LogP contribution in [0.5, 0.6) is 0 Å². The zero-order valence-corrected chi connectivity index (χ0v) is 26.7. The Labute approximate surface area is 255 Å². The van der Waals surface area contributed by atoms with Gasteiger partial charge in [-0.1, -0.05) is 36.4 Å². The van der Waals surface area contributed by atoms with E-state index < -0.39 is 16.1 Å². The number of hydrogen-bond donors (Lipinski definition) is 2. The van der Waals surface area contributed by atoms with E-state index in [-0.39, 0.29) is 17.7 Å². The Balaban J connectivity index is 1.31. The number of fused-ring (bicyclic) bond motifs is 1. The Morgan fingerprint density at radius 3 is 2.51 bits per heavy atom. The van der Waals surface area contributed by atoms with Gasteiger partial charge in [0.05, 0.1) is 12.3 Å². The lowest BCUT2D eigenvalue weighted by Gasteiger charge is -2.25. The van der Waals surface area contributed by atoms with Gasteiger partial charge < -0.3 is 15.4 Å². The number of anilines is 1. The van der Waals surface area contributed by atoms with Crippen LogP contribution in [-0.2, 0) is 29.7 Å². The van der Waals surface area contributed by atoms with Gasteiger partial charge in [-0.15, -0.1) is 0 Å². The minimum absolute atomic E-state index is 0.129. The van der Waals surface area contributed by atoms with E-state index in [1.807, 2.05) is 48.0 Å². The average Bonchev–Trinajstić information content (AvgIpc) is 3.66. The van der Waals surface area contributed by atoms with Gasteiger partial charge in [0.1, 0.15) is 18.5 Å². The number of amides is 2. The molecule has 2 N–H and O–H groups in total. The molecule has 0 aliphatic heterocycles. The van der Waals surface area contributed by atoms with Crippen LogP contribution in [0.1, 0.15) is 45.3 Å². The van der Waals surface area contributed by atoms with E-state index in [4.69, 9.17) is 9.84 Å². The summed E-state index contributed by atoms with van der Waals surface area (Å²) in [7, 11) is 1.11. The first-order valence-electron chi connectivity index (χ1n) is 14.6. The number of nitrogens with zero attached hydrogens (tertiary/aromatic N) is 4. The molecule has 0 fully saturated rings. The quantitative estimate of drug-likeness (QED) is 0.234. The number of carbonyl (C=O) groups is 2. The van der Waals surface area contributed by atoms with Crippen LogP contribution in [0, 0.1) is 13.8 Å². The summed E-state index contributed by atoms with van der Waals surface area (Å²) in [5.74, 6) is 0.356. The van der Waals surface area contributed by atoms with Crippen molar-refractivity contribution < 1.29 is 14.3 Å². The van der Waals surface area contributed by atoms with Crippen molar-refractivity contribution in [3.8, 4) is 11.1 Å². The molecule has 43 heavy (non-hydrogen) atoms. The molecule has 0 unspecified atom stereocenters. The summed E-state index contributed by atoms with van der Waals surface area (Å²) in [6.45, 7) is 5.20. The summed E-state index contributed by atoms with van der Waals surface area (Å²) < 4.78 is 9.35. The van der Waals surface area contributed by atoms with Crippen molar-refractivity contribution >= 4 is 27.5 Å². The highest BCUT2D eigenvalue weighted by atomic mass is 32.3. The van der Waals surface area contributed by atoms with Gasteiger partial charge in [-0.2, -0.15) is 10.2 Å². The third-order valence-corrected chi connectivity index (χ3v) is 9.47. The molecule has 10 heteroatoms. The highest BCUT2D eigenvalue weighted by Gasteiger charge is 2.36. The number of nitrogens with one attached hydrogen (secondary N) is 2. The number of carbonyl (C=O) groups excluding carboxylic acids is 2. The average molecular weight is 603 g/mol. The maximum absolute atomic E-state index is 13.8. The van der Waals surface area contributed by atoms with Crippen LogP contribution < -0.4 is 10.6 Å². The van der Waals surface area contributed by atoms with Gasteiger partial charge in [0.15, 0.2) is 0 Å². The van der Waals surface area contributed by atoms with Gasteiger partial charge in [-0.05, 0) is 80.3 Å². The Bertz CT molecular complexity index is 1600. The van der Waals surface area contributed by atoms with Crippen LogP contribution in [0.3, 0.4) is 0 Å². The fraction of sp³-hybridized carbons (Fsp3) is 0.394. The minimum atomic E-state index is -0.742. The van der Waals surface area contributed by atoms with Crippen molar-refractivity contribution in [2.75, 3.05) is 36.4 Å². The Morgan fingerprint density at radius 2 is 1.81 bits per heavy atom. The third kappa shape index (κ3) is 7.02. The molecule has 0 saturated carbocycles. The number of aryl methyl sites for hydroxylation is 3. The second-order valence-electron chi connectivity index (χ2n) is 12.1. The van der Waals surface area contributed by atoms with Crippen molar-refractivity contribution in [3.63, 3.8) is 0 Å². The van der Waals surface area contributed by atoms with Crippen LogP contribution >= 0.6 is 10.0 Å². The normalized spacial score (nSPS) is 15.6. The van der Waals surface area contributed by atoms with Crippen molar-refractivity contribution in [1.29, 1.82) is 0 Å². The molecule has 4 aromatic rings. The van der Waals surface area contributed by atoms with Crippen LogP contribution in [-0.4, -0.2) is 68.5 Å². The Morgan fingerprint density at radius 1 is 1.07 bits per heavy atom. The van der Waals surface area contributed by atoms with Crippen molar-refractivity contribution in [3.05, 3.63) is 89.0 Å². The van der Waals surface area contributed by atoms with E-state index in [9.17, 15) is 9.59 Å². The second-order valence-corrected chi connectivity index (χ2v) is 16.7. The van der Waals surface area contributed by atoms with Crippen molar-refractivity contribution in [2.45, 2.75) is 45.4 Å². The summed E-state index contributed by atoms with van der Waals surface area (Å²) in [6, 6.07) is 16.8. The molecule has 0 saturated heterocycles. The van der Waals surface area contributed by atoms with E-state index in [1.54, 1.807) is 19.3 Å². The summed E-state index contributed by atoms with van der Waals surface area (Å²) >= 11 is 0. The standard InChI is InChI=1S/C33H42N6O3S/c1-22-30(23(2)39(37-22)21-42-19-20-43(4,5)6)25-11-14-26(15-12-25)35-33(41)31(36-32(40)29-17-18-34-38(29)3)28-16-13-24-9-7-8-10-27(24)28/h7-12,14-15,17-18,28,31H,13,16,19-21H2,1-6H3,(H,35,41)(H,36,40)/t28-,31+/m1/s1. The Kier molecular flexibility index (Phi) is 9.08. The highest BCUT2D eigenvalue weighted by molar-refractivity contribution is 8.32. The molecule has 2 atom stereocenters. The van der Waals surface area contributed by atoms with E-state index in [0.29, 0.717) is 18.1 Å². The molecule has 1 aliphatic carbocycles. The van der Waals surface area contributed by atoms with Crippen LogP contribution in [0.2, 0.25) is 0 Å². The minimum Gasteiger partial charge on any atom is -0.358 e. The fourth-order valence-electron chi connectivity index (χ4n) is 5.74. The summed E-state index contributed by atoms with van der Waals surface area (Å²) in [6.07, 6.45) is 10.1. The third-order valence-electron chi connectivity index (χ3n) is 8.08. The molecule has 9 nitrogen and oxygen atoms in total. The lowest BCUT2D eigenvalue weighted by Crippen LogP contribution is -2.47. The smallest absolute Gasteiger partial charge is 0.270 e. The van der Waals surface area contributed by atoms with E-state index in [2.05, 4.69) is 53.6 Å². The molecule has 1 aliphatic rings. The van der Waals surface area contributed by atoms with Gasteiger partial charge in [0.2, 0.25) is 5.91 Å². The van der Waals surface area contributed by atoms with Crippen molar-refractivity contribution in [2.24, 2.45) is 7.05 Å². The maximum Gasteiger partial charge on any atom is 0.270 e. The zero-order chi connectivity index (χ0) is 30.7. The number of rotatable bonds is 11. The number of benzene rings is 2. The first kappa shape index (κ1) is 30.6.